The predicted molar refractivity (Wildman–Crippen MR) is 81.8 cm³/mol. The van der Waals surface area contributed by atoms with Crippen LogP contribution in [0.4, 0.5) is 0 Å². The largest absolute Gasteiger partial charge is 0.550 e. The maximum atomic E-state index is 10.7. The van der Waals surface area contributed by atoms with E-state index >= 15 is 0 Å². The van der Waals surface area contributed by atoms with E-state index in [0.717, 1.165) is 16.4 Å². The Kier molecular flexibility index (Phi) is 3.18. The van der Waals surface area contributed by atoms with Gasteiger partial charge in [-0.2, -0.15) is 0 Å². The molecule has 3 nitrogen and oxygen atoms in total. The molecule has 0 aliphatic rings. The number of carboxylic acids is 1. The number of carbonyl (C=O) groups excluding carboxylic acids is 1. The van der Waals surface area contributed by atoms with Crippen molar-refractivity contribution in [1.29, 1.82) is 0 Å². The summed E-state index contributed by atoms with van der Waals surface area (Å²) in [6, 6.07) is 14.3. The van der Waals surface area contributed by atoms with Crippen LogP contribution < -0.4 is 5.11 Å². The van der Waals surface area contributed by atoms with E-state index in [-0.39, 0.29) is 6.42 Å². The average molecular weight is 364 g/mol. The van der Waals surface area contributed by atoms with Crippen LogP contribution in [-0.2, 0) is 11.3 Å². The number of hydrogen-bond donors (Lipinski definition) is 0. The number of carboxylic acid groups (broad SMARTS) is 1. The van der Waals surface area contributed by atoms with Gasteiger partial charge in [0.05, 0.1) is 0 Å². The van der Waals surface area contributed by atoms with Gasteiger partial charge in [0.25, 0.3) is 0 Å². The second-order valence-electron chi connectivity index (χ2n) is 4.45. The van der Waals surface area contributed by atoms with Crippen molar-refractivity contribution in [2.24, 2.45) is 0 Å². The fourth-order valence-corrected chi connectivity index (χ4v) is 2.96. The number of benzene rings is 2. The Bertz CT molecular complexity index is 776. The van der Waals surface area contributed by atoms with Gasteiger partial charge in [-0.1, -0.05) is 18.2 Å². The van der Waals surface area contributed by atoms with Crippen molar-refractivity contribution in [3.63, 3.8) is 0 Å². The number of para-hydroxylation sites is 1. The van der Waals surface area contributed by atoms with Crippen molar-refractivity contribution in [3.05, 3.63) is 46.0 Å². The fourth-order valence-electron chi connectivity index (χ4n) is 2.47. The summed E-state index contributed by atoms with van der Waals surface area (Å²) in [5.41, 5.74) is 2.14. The van der Waals surface area contributed by atoms with E-state index in [4.69, 9.17) is 0 Å². The molecule has 1 aromatic heterocycles. The van der Waals surface area contributed by atoms with Crippen molar-refractivity contribution in [3.8, 4) is 0 Å². The summed E-state index contributed by atoms with van der Waals surface area (Å²) >= 11 is 2.29. The summed E-state index contributed by atoms with van der Waals surface area (Å²) < 4.78 is 3.23. The summed E-state index contributed by atoms with van der Waals surface area (Å²) in [7, 11) is 0. The molecule has 4 heteroatoms. The molecule has 0 aliphatic carbocycles. The number of fused-ring (bicyclic) bond motifs is 3. The minimum Gasteiger partial charge on any atom is -0.550 e. The van der Waals surface area contributed by atoms with Crippen molar-refractivity contribution in [1.82, 2.24) is 4.57 Å². The van der Waals surface area contributed by atoms with Gasteiger partial charge in [0.2, 0.25) is 0 Å². The number of halogens is 1. The molecule has 0 spiro atoms. The van der Waals surface area contributed by atoms with Crippen LogP contribution in [0.5, 0.6) is 0 Å². The molecule has 0 fully saturated rings. The number of rotatable bonds is 3. The zero-order valence-electron chi connectivity index (χ0n) is 10.1. The molecule has 0 saturated carbocycles. The summed E-state index contributed by atoms with van der Waals surface area (Å²) in [5.74, 6) is -1.02. The van der Waals surface area contributed by atoms with Gasteiger partial charge in [0.1, 0.15) is 0 Å². The Balaban J connectivity index is 2.29. The lowest BCUT2D eigenvalue weighted by Crippen LogP contribution is -2.23. The quantitative estimate of drug-likeness (QED) is 0.671. The average Bonchev–Trinajstić information content (AvgIpc) is 2.70. The van der Waals surface area contributed by atoms with Gasteiger partial charge in [0.15, 0.2) is 0 Å². The van der Waals surface area contributed by atoms with Crippen LogP contribution in [0, 0.1) is 3.57 Å². The normalized spacial score (nSPS) is 11.2. The highest BCUT2D eigenvalue weighted by atomic mass is 127. The number of carbonyl (C=O) groups is 1. The van der Waals surface area contributed by atoms with E-state index in [1.165, 1.54) is 8.96 Å². The molecule has 0 saturated heterocycles. The Labute approximate surface area is 124 Å². The van der Waals surface area contributed by atoms with E-state index in [1.54, 1.807) is 0 Å². The van der Waals surface area contributed by atoms with Crippen molar-refractivity contribution < 1.29 is 9.90 Å². The van der Waals surface area contributed by atoms with Gasteiger partial charge < -0.3 is 14.5 Å². The third-order valence-corrected chi connectivity index (χ3v) is 3.94. The zero-order chi connectivity index (χ0) is 13.4. The standard InChI is InChI=1S/C15H12INO2/c16-10-5-6-14-12(9-10)11-3-1-2-4-13(11)17(14)8-7-15(18)19/h1-6,9H,7-8H2,(H,18,19)/p-1. The molecule has 2 aromatic carbocycles. The SMILES string of the molecule is O=C([O-])CCn1c2ccccc2c2cc(I)ccc21. The van der Waals surface area contributed by atoms with Crippen molar-refractivity contribution in [2.45, 2.75) is 13.0 Å². The van der Waals surface area contributed by atoms with Gasteiger partial charge in [-0.25, -0.2) is 0 Å². The first-order valence-electron chi connectivity index (χ1n) is 6.03. The first kappa shape index (κ1) is 12.5. The van der Waals surface area contributed by atoms with Crippen LogP contribution in [0.25, 0.3) is 21.8 Å². The molecule has 19 heavy (non-hydrogen) atoms. The number of nitrogens with zero attached hydrogens (tertiary/aromatic N) is 1. The van der Waals surface area contributed by atoms with Gasteiger partial charge in [-0.15, -0.1) is 0 Å². The van der Waals surface area contributed by atoms with Crippen LogP contribution in [0.15, 0.2) is 42.5 Å². The molecule has 0 unspecified atom stereocenters. The van der Waals surface area contributed by atoms with Crippen LogP contribution in [0.1, 0.15) is 6.42 Å². The number of hydrogen-bond acceptors (Lipinski definition) is 2. The molecule has 0 aliphatic heterocycles. The number of aliphatic carboxylic acids is 1. The molecule has 3 rings (SSSR count). The molecular weight excluding hydrogens is 353 g/mol. The van der Waals surface area contributed by atoms with E-state index < -0.39 is 5.97 Å². The second-order valence-corrected chi connectivity index (χ2v) is 5.70. The highest BCUT2D eigenvalue weighted by molar-refractivity contribution is 14.1. The minimum absolute atomic E-state index is 0.0275. The molecule has 0 bridgehead atoms. The third-order valence-electron chi connectivity index (χ3n) is 3.27. The number of aromatic nitrogens is 1. The molecule has 0 N–H and O–H groups in total. The highest BCUT2D eigenvalue weighted by Crippen LogP contribution is 2.30. The van der Waals surface area contributed by atoms with Crippen LogP contribution in [-0.4, -0.2) is 10.5 Å². The monoisotopic (exact) mass is 364 g/mol. The Morgan fingerprint density at radius 1 is 1.11 bits per heavy atom. The molecular formula is C15H11INO2-. The van der Waals surface area contributed by atoms with E-state index in [0.29, 0.717) is 6.54 Å². The third kappa shape index (κ3) is 2.20. The van der Waals surface area contributed by atoms with Gasteiger partial charge >= 0.3 is 0 Å². The lowest BCUT2D eigenvalue weighted by molar-refractivity contribution is -0.305. The Morgan fingerprint density at radius 3 is 2.63 bits per heavy atom. The number of aryl methyl sites for hydroxylation is 1. The van der Waals surface area contributed by atoms with E-state index in [2.05, 4.69) is 39.3 Å². The van der Waals surface area contributed by atoms with E-state index in [9.17, 15) is 9.90 Å². The fraction of sp³-hybridized carbons (Fsp3) is 0.133. The molecule has 3 aromatic rings. The van der Waals surface area contributed by atoms with Gasteiger partial charge in [-0.3, -0.25) is 0 Å². The molecule has 0 amide bonds. The summed E-state index contributed by atoms with van der Waals surface area (Å²) in [5, 5.41) is 13.0. The molecule has 96 valence electrons. The first-order valence-corrected chi connectivity index (χ1v) is 7.11. The maximum Gasteiger partial charge on any atom is 0.0492 e. The zero-order valence-corrected chi connectivity index (χ0v) is 12.3. The van der Waals surface area contributed by atoms with Crippen molar-refractivity contribution >= 4 is 50.4 Å². The van der Waals surface area contributed by atoms with Crippen LogP contribution in [0.2, 0.25) is 0 Å². The highest BCUT2D eigenvalue weighted by Gasteiger charge is 2.09. The smallest absolute Gasteiger partial charge is 0.0492 e. The molecule has 1 heterocycles. The predicted octanol–water partition coefficient (Wildman–Crippen LogP) is 2.54. The second kappa shape index (κ2) is 4.85. The van der Waals surface area contributed by atoms with E-state index in [1.807, 2.05) is 30.3 Å². The summed E-state index contributed by atoms with van der Waals surface area (Å²) in [4.78, 5) is 10.7. The van der Waals surface area contributed by atoms with Crippen LogP contribution in [0.3, 0.4) is 0 Å². The molecule has 0 atom stereocenters. The Hall–Kier alpha value is -1.56. The van der Waals surface area contributed by atoms with Crippen LogP contribution >= 0.6 is 22.6 Å². The summed E-state index contributed by atoms with van der Waals surface area (Å²) in [6.07, 6.45) is 0.0275. The van der Waals surface area contributed by atoms with Gasteiger partial charge in [-0.05, 0) is 46.9 Å². The Morgan fingerprint density at radius 2 is 1.84 bits per heavy atom. The summed E-state index contributed by atoms with van der Waals surface area (Å²) in [6.45, 7) is 0.437. The first-order chi connectivity index (χ1) is 9.16. The maximum absolute atomic E-state index is 10.7. The minimum atomic E-state index is -1.02. The lowest BCUT2D eigenvalue weighted by atomic mass is 10.2. The molecule has 0 radical (unpaired) electrons. The van der Waals surface area contributed by atoms with Gasteiger partial charge in [0, 0.05) is 44.3 Å². The lowest BCUT2D eigenvalue weighted by Gasteiger charge is -2.07. The van der Waals surface area contributed by atoms with Crippen molar-refractivity contribution in [2.75, 3.05) is 0 Å². The topological polar surface area (TPSA) is 45.1 Å².